The van der Waals surface area contributed by atoms with Crippen LogP contribution in [0, 0.1) is 0 Å². The van der Waals surface area contributed by atoms with Crippen LogP contribution in [0.25, 0.3) is 10.4 Å². The number of amides is 1. The first kappa shape index (κ1) is 19.4. The number of nitrogen functional groups attached to an aromatic ring is 1. The van der Waals surface area contributed by atoms with Crippen molar-refractivity contribution in [2.45, 2.75) is 13.1 Å². The van der Waals surface area contributed by atoms with Crippen LogP contribution in [-0.2, 0) is 10.7 Å². The lowest BCUT2D eigenvalue weighted by molar-refractivity contribution is 0.102. The molecule has 0 saturated carbocycles. The molecule has 0 aliphatic heterocycles. The molecule has 1 unspecified atom stereocenters. The molecule has 1 aromatic heterocycles. The first-order chi connectivity index (χ1) is 12.9. The molecule has 7 heteroatoms. The highest BCUT2D eigenvalue weighted by molar-refractivity contribution is 7.57. The summed E-state index contributed by atoms with van der Waals surface area (Å²) in [5, 5.41) is 4.83. The van der Waals surface area contributed by atoms with Gasteiger partial charge < -0.3 is 15.9 Å². The Morgan fingerprint density at radius 2 is 2.00 bits per heavy atom. The van der Waals surface area contributed by atoms with Gasteiger partial charge in [0.2, 0.25) is 7.37 Å². The fraction of sp³-hybridized carbons (Fsp3) is 0.150. The normalized spacial score (nSPS) is 13.1. The average Bonchev–Trinajstić information content (AvgIpc) is 3.18. The molecule has 0 aliphatic carbocycles. The molecule has 0 aliphatic rings. The zero-order chi connectivity index (χ0) is 19.4. The molecule has 0 fully saturated rings. The number of benzene rings is 2. The Labute approximate surface area is 162 Å². The summed E-state index contributed by atoms with van der Waals surface area (Å²) < 4.78 is 12.0. The zero-order valence-corrected chi connectivity index (χ0v) is 16.6. The van der Waals surface area contributed by atoms with Crippen LogP contribution >= 0.6 is 18.7 Å². The van der Waals surface area contributed by atoms with Crippen molar-refractivity contribution in [2.75, 3.05) is 17.2 Å². The third-order valence-corrected chi connectivity index (χ3v) is 6.99. The van der Waals surface area contributed by atoms with Gasteiger partial charge in [-0.05, 0) is 46.8 Å². The van der Waals surface area contributed by atoms with Crippen LogP contribution in [0.1, 0.15) is 22.8 Å². The second-order valence-electron chi connectivity index (χ2n) is 6.25. The van der Waals surface area contributed by atoms with Crippen molar-refractivity contribution >= 4 is 36.0 Å². The van der Waals surface area contributed by atoms with Crippen LogP contribution in [0.4, 0.5) is 11.4 Å². The third kappa shape index (κ3) is 4.86. The van der Waals surface area contributed by atoms with E-state index in [-0.39, 0.29) is 18.2 Å². The Bertz CT molecular complexity index is 1000. The number of nitrogens with one attached hydrogen (secondary N) is 1. The van der Waals surface area contributed by atoms with Crippen LogP contribution in [0.3, 0.4) is 0 Å². The van der Waals surface area contributed by atoms with Crippen molar-refractivity contribution in [1.82, 2.24) is 0 Å². The number of thiophene rings is 1. The number of carbonyl (C=O) groups excluding carboxylic acids is 1. The molecule has 3 rings (SSSR count). The van der Waals surface area contributed by atoms with E-state index in [4.69, 9.17) is 5.73 Å². The molecule has 0 saturated heterocycles. The second kappa shape index (κ2) is 8.09. The van der Waals surface area contributed by atoms with Gasteiger partial charge in [0, 0.05) is 22.8 Å². The maximum Gasteiger partial charge on any atom is 0.255 e. The summed E-state index contributed by atoms with van der Waals surface area (Å²) in [5.74, 6) is -0.309. The van der Waals surface area contributed by atoms with Gasteiger partial charge in [0.1, 0.15) is 0 Å². The van der Waals surface area contributed by atoms with Gasteiger partial charge in [-0.3, -0.25) is 9.36 Å². The highest BCUT2D eigenvalue weighted by Gasteiger charge is 2.17. The van der Waals surface area contributed by atoms with Gasteiger partial charge in [-0.1, -0.05) is 31.2 Å². The predicted molar refractivity (Wildman–Crippen MR) is 113 cm³/mol. The maximum atomic E-state index is 12.7. The molecule has 0 radical (unpaired) electrons. The van der Waals surface area contributed by atoms with E-state index in [1.54, 1.807) is 48.6 Å². The van der Waals surface area contributed by atoms with Crippen LogP contribution < -0.4 is 11.1 Å². The Balaban J connectivity index is 1.82. The molecule has 1 atom stereocenters. The Kier molecular flexibility index (Phi) is 5.80. The molecule has 5 nitrogen and oxygen atoms in total. The summed E-state index contributed by atoms with van der Waals surface area (Å²) in [5.41, 5.74) is 9.10. The minimum Gasteiger partial charge on any atom is -0.397 e. The van der Waals surface area contributed by atoms with E-state index in [1.165, 1.54) is 0 Å². The van der Waals surface area contributed by atoms with Crippen LogP contribution in [0.2, 0.25) is 0 Å². The number of hydrogen-bond donors (Lipinski definition) is 3. The van der Waals surface area contributed by atoms with E-state index >= 15 is 0 Å². The fourth-order valence-corrected chi connectivity index (χ4v) is 4.38. The summed E-state index contributed by atoms with van der Waals surface area (Å²) in [6, 6.07) is 16.3. The molecule has 4 N–H and O–H groups in total. The smallest absolute Gasteiger partial charge is 0.255 e. The molecule has 0 spiro atoms. The van der Waals surface area contributed by atoms with Crippen molar-refractivity contribution in [3.05, 3.63) is 71.1 Å². The van der Waals surface area contributed by atoms with Crippen LogP contribution in [-0.4, -0.2) is 17.0 Å². The molecular weight excluding hydrogens is 379 g/mol. The standard InChI is InChI=1S/C20H21N2O3PS/c1-2-26(24,25)13-14-5-3-6-16(11-14)20(23)22-18-12-15(8-9-17(18)21)19-7-4-10-27-19/h3-12H,2,13,21H2,1H3,(H,22,23)(H,24,25). The highest BCUT2D eigenvalue weighted by atomic mass is 32.1. The van der Waals surface area contributed by atoms with Crippen molar-refractivity contribution in [2.24, 2.45) is 0 Å². The maximum absolute atomic E-state index is 12.7. The lowest BCUT2D eigenvalue weighted by Crippen LogP contribution is -2.13. The largest absolute Gasteiger partial charge is 0.397 e. The number of carbonyl (C=O) groups is 1. The van der Waals surface area contributed by atoms with E-state index in [2.05, 4.69) is 5.32 Å². The minimum atomic E-state index is -3.20. The fourth-order valence-electron chi connectivity index (χ4n) is 2.66. The molecule has 140 valence electrons. The van der Waals surface area contributed by atoms with Crippen molar-refractivity contribution in [3.8, 4) is 10.4 Å². The van der Waals surface area contributed by atoms with Gasteiger partial charge in [0.05, 0.1) is 11.4 Å². The number of rotatable bonds is 6. The van der Waals surface area contributed by atoms with E-state index in [0.717, 1.165) is 10.4 Å². The average molecular weight is 400 g/mol. The van der Waals surface area contributed by atoms with E-state index < -0.39 is 7.37 Å². The molecular formula is C20H21N2O3PS. The van der Waals surface area contributed by atoms with Gasteiger partial charge in [-0.15, -0.1) is 11.3 Å². The van der Waals surface area contributed by atoms with Crippen LogP contribution in [0.5, 0.6) is 0 Å². The SMILES string of the molecule is CCP(=O)(O)Cc1cccc(C(=O)Nc2cc(-c3cccs3)ccc2N)c1. The van der Waals surface area contributed by atoms with E-state index in [9.17, 15) is 14.3 Å². The van der Waals surface area contributed by atoms with Crippen molar-refractivity contribution in [1.29, 1.82) is 0 Å². The van der Waals surface area contributed by atoms with Gasteiger partial charge in [0.25, 0.3) is 5.91 Å². The summed E-state index contributed by atoms with van der Waals surface area (Å²) in [4.78, 5) is 23.6. The first-order valence-corrected chi connectivity index (χ1v) is 11.4. The highest BCUT2D eigenvalue weighted by Crippen LogP contribution is 2.43. The molecule has 27 heavy (non-hydrogen) atoms. The minimum absolute atomic E-state index is 0.0562. The number of anilines is 2. The third-order valence-electron chi connectivity index (χ3n) is 4.22. The second-order valence-corrected chi connectivity index (χ2v) is 9.84. The zero-order valence-electron chi connectivity index (χ0n) is 14.9. The summed E-state index contributed by atoms with van der Waals surface area (Å²) in [7, 11) is -3.20. The Morgan fingerprint density at radius 1 is 1.19 bits per heavy atom. The van der Waals surface area contributed by atoms with E-state index in [0.29, 0.717) is 22.5 Å². The molecule has 1 heterocycles. The van der Waals surface area contributed by atoms with Gasteiger partial charge in [-0.2, -0.15) is 0 Å². The van der Waals surface area contributed by atoms with Crippen molar-refractivity contribution in [3.63, 3.8) is 0 Å². The van der Waals surface area contributed by atoms with Crippen LogP contribution in [0.15, 0.2) is 60.0 Å². The summed E-state index contributed by atoms with van der Waals surface area (Å²) >= 11 is 1.61. The Morgan fingerprint density at radius 3 is 2.70 bits per heavy atom. The lowest BCUT2D eigenvalue weighted by atomic mass is 10.1. The monoisotopic (exact) mass is 400 g/mol. The lowest BCUT2D eigenvalue weighted by Gasteiger charge is -2.12. The van der Waals surface area contributed by atoms with Gasteiger partial charge >= 0.3 is 0 Å². The topological polar surface area (TPSA) is 92.4 Å². The quantitative estimate of drug-likeness (QED) is 0.399. The van der Waals surface area contributed by atoms with Crippen molar-refractivity contribution < 1.29 is 14.3 Å². The number of hydrogen-bond acceptors (Lipinski definition) is 4. The molecule has 0 bridgehead atoms. The van der Waals surface area contributed by atoms with Gasteiger partial charge in [0.15, 0.2) is 0 Å². The summed E-state index contributed by atoms with van der Waals surface area (Å²) in [6.45, 7) is 1.68. The Hall–Kier alpha value is -2.40. The van der Waals surface area contributed by atoms with E-state index in [1.807, 2.05) is 29.6 Å². The molecule has 3 aromatic rings. The molecule has 1 amide bonds. The number of nitrogens with two attached hydrogens (primary N) is 1. The molecule has 2 aromatic carbocycles. The van der Waals surface area contributed by atoms with Gasteiger partial charge in [-0.25, -0.2) is 0 Å². The first-order valence-electron chi connectivity index (χ1n) is 8.52. The summed E-state index contributed by atoms with van der Waals surface area (Å²) in [6.07, 6.45) is 0.260. The predicted octanol–water partition coefficient (Wildman–Crippen LogP) is 5.04.